The van der Waals surface area contributed by atoms with Crippen molar-refractivity contribution in [1.82, 2.24) is 4.90 Å². The fraction of sp³-hybridized carbons (Fsp3) is 0.526. The number of nitrogens with zero attached hydrogens (tertiary/aromatic N) is 1. The Labute approximate surface area is 142 Å². The maximum atomic E-state index is 12.4. The number of nitrogens with one attached hydrogen (secondary N) is 1. The fourth-order valence-corrected chi connectivity index (χ4v) is 3.83. The summed E-state index contributed by atoms with van der Waals surface area (Å²) in [7, 11) is 0. The Kier molecular flexibility index (Phi) is 4.69. The predicted octanol–water partition coefficient (Wildman–Crippen LogP) is 2.81. The SMILES string of the molecule is Cc1ccc(NC(=O)CCN2C(=O)[C@H]3CCCC[C@H]3C2=O)c(C)c1. The van der Waals surface area contributed by atoms with Crippen LogP contribution in [0.1, 0.15) is 43.2 Å². The van der Waals surface area contributed by atoms with Gasteiger partial charge in [-0.15, -0.1) is 0 Å². The summed E-state index contributed by atoms with van der Waals surface area (Å²) in [6.45, 7) is 4.13. The van der Waals surface area contributed by atoms with E-state index in [9.17, 15) is 14.4 Å². The molecule has 0 aromatic heterocycles. The van der Waals surface area contributed by atoms with E-state index in [1.54, 1.807) is 0 Å². The first-order valence-corrected chi connectivity index (χ1v) is 8.69. The molecule has 3 rings (SSSR count). The van der Waals surface area contributed by atoms with Gasteiger partial charge in [-0.1, -0.05) is 30.5 Å². The van der Waals surface area contributed by atoms with E-state index in [0.717, 1.165) is 42.5 Å². The Hall–Kier alpha value is -2.17. The van der Waals surface area contributed by atoms with Crippen LogP contribution in [0.4, 0.5) is 5.69 Å². The van der Waals surface area contributed by atoms with Crippen LogP contribution in [0.5, 0.6) is 0 Å². The van der Waals surface area contributed by atoms with Crippen molar-refractivity contribution < 1.29 is 14.4 Å². The highest BCUT2D eigenvalue weighted by Crippen LogP contribution is 2.37. The number of imide groups is 1. The molecular weight excluding hydrogens is 304 g/mol. The molecule has 0 unspecified atom stereocenters. The number of fused-ring (bicyclic) bond motifs is 1. The number of carbonyl (C=O) groups is 3. The summed E-state index contributed by atoms with van der Waals surface area (Å²) >= 11 is 0. The van der Waals surface area contributed by atoms with Crippen molar-refractivity contribution in [3.05, 3.63) is 29.3 Å². The molecule has 1 N–H and O–H groups in total. The minimum Gasteiger partial charge on any atom is -0.326 e. The largest absolute Gasteiger partial charge is 0.326 e. The van der Waals surface area contributed by atoms with Gasteiger partial charge >= 0.3 is 0 Å². The average Bonchev–Trinajstić information content (AvgIpc) is 2.80. The van der Waals surface area contributed by atoms with Crippen LogP contribution in [0.2, 0.25) is 0 Å². The zero-order chi connectivity index (χ0) is 17.3. The summed E-state index contributed by atoms with van der Waals surface area (Å²) in [6.07, 6.45) is 3.79. The molecule has 2 atom stereocenters. The second-order valence-corrected chi connectivity index (χ2v) is 6.94. The molecule has 3 amide bonds. The lowest BCUT2D eigenvalue weighted by Crippen LogP contribution is -2.34. The van der Waals surface area contributed by atoms with E-state index in [2.05, 4.69) is 5.32 Å². The van der Waals surface area contributed by atoms with E-state index >= 15 is 0 Å². The number of hydrogen-bond acceptors (Lipinski definition) is 3. The molecule has 0 radical (unpaired) electrons. The first kappa shape index (κ1) is 16.7. The molecular formula is C19H24N2O3. The first-order valence-electron chi connectivity index (χ1n) is 8.69. The van der Waals surface area contributed by atoms with Gasteiger partial charge in [-0.2, -0.15) is 0 Å². The third-order valence-corrected chi connectivity index (χ3v) is 5.15. The van der Waals surface area contributed by atoms with Crippen LogP contribution < -0.4 is 5.32 Å². The molecule has 1 heterocycles. The molecule has 1 aromatic rings. The summed E-state index contributed by atoms with van der Waals surface area (Å²) in [5, 5.41) is 2.87. The van der Waals surface area contributed by atoms with Crippen LogP contribution in [0.25, 0.3) is 0 Å². The monoisotopic (exact) mass is 328 g/mol. The van der Waals surface area contributed by atoms with Gasteiger partial charge in [0.2, 0.25) is 17.7 Å². The normalized spacial score (nSPS) is 23.3. The molecule has 2 aliphatic rings. The van der Waals surface area contributed by atoms with Gasteiger partial charge < -0.3 is 5.32 Å². The number of anilines is 1. The van der Waals surface area contributed by atoms with Crippen molar-refractivity contribution >= 4 is 23.4 Å². The van der Waals surface area contributed by atoms with Crippen LogP contribution in [0, 0.1) is 25.7 Å². The summed E-state index contributed by atoms with van der Waals surface area (Å²) < 4.78 is 0. The second kappa shape index (κ2) is 6.75. The van der Waals surface area contributed by atoms with E-state index in [-0.39, 0.29) is 42.5 Å². The van der Waals surface area contributed by atoms with Crippen LogP contribution in [0.3, 0.4) is 0 Å². The first-order chi connectivity index (χ1) is 11.5. The molecule has 1 aliphatic carbocycles. The van der Waals surface area contributed by atoms with Gasteiger partial charge in [-0.25, -0.2) is 0 Å². The van der Waals surface area contributed by atoms with Gasteiger partial charge in [-0.05, 0) is 38.3 Å². The van der Waals surface area contributed by atoms with Crippen LogP contribution in [-0.4, -0.2) is 29.2 Å². The van der Waals surface area contributed by atoms with Gasteiger partial charge in [0.15, 0.2) is 0 Å². The summed E-state index contributed by atoms with van der Waals surface area (Å²) in [5.41, 5.74) is 2.92. The average molecular weight is 328 g/mol. The highest BCUT2D eigenvalue weighted by atomic mass is 16.2. The molecule has 5 nitrogen and oxygen atoms in total. The Morgan fingerprint density at radius 1 is 1.12 bits per heavy atom. The third-order valence-electron chi connectivity index (χ3n) is 5.15. The zero-order valence-corrected chi connectivity index (χ0v) is 14.3. The van der Waals surface area contributed by atoms with E-state index in [1.165, 1.54) is 4.90 Å². The van der Waals surface area contributed by atoms with Crippen LogP contribution >= 0.6 is 0 Å². The number of benzene rings is 1. The lowest BCUT2D eigenvalue weighted by Gasteiger charge is -2.19. The maximum Gasteiger partial charge on any atom is 0.233 e. The maximum absolute atomic E-state index is 12.4. The number of amides is 3. The second-order valence-electron chi connectivity index (χ2n) is 6.94. The molecule has 0 bridgehead atoms. The fourth-order valence-electron chi connectivity index (χ4n) is 3.83. The molecule has 128 valence electrons. The van der Waals surface area contributed by atoms with Crippen molar-refractivity contribution in [3.8, 4) is 0 Å². The minimum absolute atomic E-state index is 0.0796. The summed E-state index contributed by atoms with van der Waals surface area (Å²) in [4.78, 5) is 38.3. The van der Waals surface area contributed by atoms with Crippen LogP contribution in [0.15, 0.2) is 18.2 Å². The highest BCUT2D eigenvalue weighted by Gasteiger charge is 2.47. The number of carbonyl (C=O) groups excluding carboxylic acids is 3. The number of hydrogen-bond donors (Lipinski definition) is 1. The van der Waals surface area contributed by atoms with Crippen molar-refractivity contribution in [3.63, 3.8) is 0 Å². The van der Waals surface area contributed by atoms with Gasteiger partial charge in [0.1, 0.15) is 0 Å². The zero-order valence-electron chi connectivity index (χ0n) is 14.3. The minimum atomic E-state index is -0.169. The Morgan fingerprint density at radius 3 is 2.33 bits per heavy atom. The molecule has 1 saturated heterocycles. The topological polar surface area (TPSA) is 66.5 Å². The molecule has 2 fully saturated rings. The molecule has 1 aromatic carbocycles. The lowest BCUT2D eigenvalue weighted by molar-refractivity contribution is -0.140. The Morgan fingerprint density at radius 2 is 1.75 bits per heavy atom. The van der Waals surface area contributed by atoms with Crippen molar-refractivity contribution in [2.75, 3.05) is 11.9 Å². The molecule has 0 spiro atoms. The predicted molar refractivity (Wildman–Crippen MR) is 91.3 cm³/mol. The smallest absolute Gasteiger partial charge is 0.233 e. The highest BCUT2D eigenvalue weighted by molar-refractivity contribution is 6.05. The quantitative estimate of drug-likeness (QED) is 0.864. The standard InChI is InChI=1S/C19H24N2O3/c1-12-7-8-16(13(2)11-12)20-17(22)9-10-21-18(23)14-5-3-4-6-15(14)19(21)24/h7-8,11,14-15H,3-6,9-10H2,1-2H3,(H,20,22)/t14-,15+. The van der Waals surface area contributed by atoms with E-state index in [1.807, 2.05) is 32.0 Å². The van der Waals surface area contributed by atoms with Gasteiger partial charge in [-0.3, -0.25) is 19.3 Å². The Balaban J connectivity index is 1.58. The molecule has 24 heavy (non-hydrogen) atoms. The van der Waals surface area contributed by atoms with E-state index in [4.69, 9.17) is 0 Å². The van der Waals surface area contributed by atoms with E-state index < -0.39 is 0 Å². The molecule has 1 saturated carbocycles. The number of aryl methyl sites for hydroxylation is 2. The van der Waals surface area contributed by atoms with Gasteiger partial charge in [0.05, 0.1) is 11.8 Å². The van der Waals surface area contributed by atoms with E-state index in [0.29, 0.717) is 0 Å². The van der Waals surface area contributed by atoms with Crippen molar-refractivity contribution in [1.29, 1.82) is 0 Å². The summed E-state index contributed by atoms with van der Waals surface area (Å²) in [5.74, 6) is -0.618. The number of rotatable bonds is 4. The number of likely N-dealkylation sites (tertiary alicyclic amines) is 1. The summed E-state index contributed by atoms with van der Waals surface area (Å²) in [6, 6.07) is 5.83. The van der Waals surface area contributed by atoms with Crippen LogP contribution in [-0.2, 0) is 14.4 Å². The molecule has 5 heteroatoms. The van der Waals surface area contributed by atoms with Gasteiger partial charge in [0, 0.05) is 18.7 Å². The van der Waals surface area contributed by atoms with Crippen molar-refractivity contribution in [2.45, 2.75) is 46.0 Å². The van der Waals surface area contributed by atoms with Crippen molar-refractivity contribution in [2.24, 2.45) is 11.8 Å². The Bertz CT molecular complexity index is 659. The lowest BCUT2D eigenvalue weighted by atomic mass is 9.81. The molecule has 1 aliphatic heterocycles. The third kappa shape index (κ3) is 3.21. The van der Waals surface area contributed by atoms with Gasteiger partial charge in [0.25, 0.3) is 0 Å².